The number of rotatable bonds is 13. The molecule has 2 rings (SSSR count). The van der Waals surface area contributed by atoms with Crippen LogP contribution in [0.25, 0.3) is 0 Å². The van der Waals surface area contributed by atoms with E-state index in [1.54, 1.807) is 55.8 Å². The van der Waals surface area contributed by atoms with E-state index in [9.17, 15) is 14.4 Å². The van der Waals surface area contributed by atoms with Crippen molar-refractivity contribution in [3.05, 3.63) is 54.2 Å². The van der Waals surface area contributed by atoms with Gasteiger partial charge in [0.25, 0.3) is 0 Å². The molecule has 0 aliphatic rings. The van der Waals surface area contributed by atoms with E-state index in [2.05, 4.69) is 15.6 Å². The zero-order chi connectivity index (χ0) is 25.8. The van der Waals surface area contributed by atoms with Gasteiger partial charge in [-0.3, -0.25) is 14.4 Å². The molecule has 0 saturated carbocycles. The van der Waals surface area contributed by atoms with Crippen molar-refractivity contribution in [1.82, 2.24) is 15.2 Å². The van der Waals surface area contributed by atoms with Gasteiger partial charge in [-0.15, -0.1) is 0 Å². The molecule has 9 nitrogen and oxygen atoms in total. The molecule has 1 aromatic heterocycles. The summed E-state index contributed by atoms with van der Waals surface area (Å²) >= 11 is 0. The molecule has 0 spiro atoms. The summed E-state index contributed by atoms with van der Waals surface area (Å²) in [7, 11) is 3.10. The number of aromatic nitrogens is 1. The van der Waals surface area contributed by atoms with Crippen molar-refractivity contribution < 1.29 is 23.9 Å². The molecule has 190 valence electrons. The van der Waals surface area contributed by atoms with Crippen LogP contribution in [-0.4, -0.2) is 60.5 Å². The molecule has 0 aliphatic carbocycles. The van der Waals surface area contributed by atoms with Gasteiger partial charge in [-0.1, -0.05) is 25.1 Å². The monoisotopic (exact) mass is 484 g/mol. The Kier molecular flexibility index (Phi) is 10.7. The largest absolute Gasteiger partial charge is 0.497 e. The summed E-state index contributed by atoms with van der Waals surface area (Å²) in [6.07, 6.45) is 2.17. The van der Waals surface area contributed by atoms with Crippen LogP contribution in [0.2, 0.25) is 0 Å². The Hall–Kier alpha value is -3.46. The van der Waals surface area contributed by atoms with E-state index in [1.807, 2.05) is 20.8 Å². The van der Waals surface area contributed by atoms with Gasteiger partial charge in [0.05, 0.1) is 13.7 Å². The Morgan fingerprint density at radius 1 is 1.06 bits per heavy atom. The zero-order valence-electron chi connectivity index (χ0n) is 21.2. The fourth-order valence-electron chi connectivity index (χ4n) is 3.34. The Bertz CT molecular complexity index is 963. The zero-order valence-corrected chi connectivity index (χ0v) is 21.2. The average Bonchev–Trinajstić information content (AvgIpc) is 2.85. The number of hydrogen-bond donors (Lipinski definition) is 2. The van der Waals surface area contributed by atoms with Gasteiger partial charge in [-0.25, -0.2) is 4.98 Å². The molecule has 3 amide bonds. The van der Waals surface area contributed by atoms with E-state index in [0.717, 1.165) is 0 Å². The molecule has 0 aliphatic heterocycles. The molecule has 2 N–H and O–H groups in total. The lowest BCUT2D eigenvalue weighted by Crippen LogP contribution is -2.51. The summed E-state index contributed by atoms with van der Waals surface area (Å²) in [4.78, 5) is 44.8. The number of methoxy groups -OCH3 is 2. The van der Waals surface area contributed by atoms with E-state index in [1.165, 1.54) is 12.0 Å². The Labute approximate surface area is 207 Å². The molecule has 0 unspecified atom stereocenters. The van der Waals surface area contributed by atoms with Crippen LogP contribution in [0.4, 0.5) is 5.82 Å². The van der Waals surface area contributed by atoms with Crippen molar-refractivity contribution in [3.63, 3.8) is 0 Å². The number of amides is 3. The highest BCUT2D eigenvalue weighted by atomic mass is 16.5. The molecule has 0 bridgehead atoms. The molecule has 1 aromatic carbocycles. The minimum Gasteiger partial charge on any atom is -0.497 e. The van der Waals surface area contributed by atoms with Crippen LogP contribution in [0.15, 0.2) is 48.7 Å². The number of anilines is 1. The predicted molar refractivity (Wildman–Crippen MR) is 134 cm³/mol. The number of nitrogens with one attached hydrogen (secondary N) is 2. The van der Waals surface area contributed by atoms with Gasteiger partial charge >= 0.3 is 0 Å². The second-order valence-corrected chi connectivity index (χ2v) is 8.75. The molecule has 9 heteroatoms. The maximum atomic E-state index is 13.5. The van der Waals surface area contributed by atoms with Gasteiger partial charge < -0.3 is 25.0 Å². The molecular weight excluding hydrogens is 448 g/mol. The summed E-state index contributed by atoms with van der Waals surface area (Å²) < 4.78 is 10.5. The summed E-state index contributed by atoms with van der Waals surface area (Å²) in [6, 6.07) is 11.3. The van der Waals surface area contributed by atoms with Crippen LogP contribution in [0.1, 0.15) is 51.6 Å². The molecule has 2 aromatic rings. The molecule has 35 heavy (non-hydrogen) atoms. The normalized spacial score (nSPS) is 11.9. The predicted octanol–water partition coefficient (Wildman–Crippen LogP) is 3.33. The Balaban J connectivity index is 2.27. The number of hydrogen-bond acceptors (Lipinski definition) is 6. The number of ether oxygens (including phenoxy) is 2. The van der Waals surface area contributed by atoms with Crippen molar-refractivity contribution in [3.8, 4) is 5.75 Å². The van der Waals surface area contributed by atoms with Crippen LogP contribution < -0.4 is 15.4 Å². The van der Waals surface area contributed by atoms with Crippen molar-refractivity contribution in [2.75, 3.05) is 32.7 Å². The SMILES string of the molecule is CCC(C)(C)NC(=O)[C@H](c1ccc(OC)cc1)N(CCOC)C(=O)CCC(=O)Nc1ccccn1. The van der Waals surface area contributed by atoms with E-state index in [4.69, 9.17) is 9.47 Å². The van der Waals surface area contributed by atoms with Gasteiger partial charge in [0.1, 0.15) is 17.6 Å². The van der Waals surface area contributed by atoms with Crippen LogP contribution >= 0.6 is 0 Å². The summed E-state index contributed by atoms with van der Waals surface area (Å²) in [5.41, 5.74) is 0.179. The van der Waals surface area contributed by atoms with Gasteiger partial charge in [0, 0.05) is 38.2 Å². The lowest BCUT2D eigenvalue weighted by molar-refractivity contribution is -0.142. The summed E-state index contributed by atoms with van der Waals surface area (Å²) in [5.74, 6) is 0.0930. The highest BCUT2D eigenvalue weighted by molar-refractivity contribution is 5.94. The highest BCUT2D eigenvalue weighted by Gasteiger charge is 2.33. The maximum Gasteiger partial charge on any atom is 0.247 e. The van der Waals surface area contributed by atoms with Crippen molar-refractivity contribution in [2.24, 2.45) is 0 Å². The number of benzene rings is 1. The average molecular weight is 485 g/mol. The van der Waals surface area contributed by atoms with Crippen LogP contribution in [-0.2, 0) is 19.1 Å². The smallest absolute Gasteiger partial charge is 0.247 e. The Morgan fingerprint density at radius 3 is 2.34 bits per heavy atom. The lowest BCUT2D eigenvalue weighted by Gasteiger charge is -2.34. The fourth-order valence-corrected chi connectivity index (χ4v) is 3.34. The third kappa shape index (κ3) is 8.68. The standard InChI is InChI=1S/C26H36N4O5/c1-6-26(2,3)29-25(33)24(19-10-12-20(35-5)13-11-19)30(17-18-34-4)23(32)15-14-22(31)28-21-9-7-8-16-27-21/h7-13,16,24H,6,14-15,17-18H2,1-5H3,(H,29,33)(H,27,28,31)/t24-/m0/s1. The van der Waals surface area contributed by atoms with Gasteiger partial charge in [0.2, 0.25) is 17.7 Å². The summed E-state index contributed by atoms with van der Waals surface area (Å²) in [6.45, 7) is 6.27. The maximum absolute atomic E-state index is 13.5. The number of pyridine rings is 1. The van der Waals surface area contributed by atoms with E-state index >= 15 is 0 Å². The third-order valence-corrected chi connectivity index (χ3v) is 5.69. The van der Waals surface area contributed by atoms with E-state index in [0.29, 0.717) is 23.6 Å². The Morgan fingerprint density at radius 2 is 1.77 bits per heavy atom. The van der Waals surface area contributed by atoms with Crippen molar-refractivity contribution in [1.29, 1.82) is 0 Å². The minimum atomic E-state index is -0.895. The van der Waals surface area contributed by atoms with Gasteiger partial charge in [-0.2, -0.15) is 0 Å². The first kappa shape index (κ1) is 27.8. The van der Waals surface area contributed by atoms with Crippen LogP contribution in [0.3, 0.4) is 0 Å². The number of nitrogens with zero attached hydrogens (tertiary/aromatic N) is 2. The van der Waals surface area contributed by atoms with E-state index in [-0.39, 0.29) is 43.7 Å². The van der Waals surface area contributed by atoms with Crippen LogP contribution in [0, 0.1) is 0 Å². The molecule has 0 saturated heterocycles. The molecular formula is C26H36N4O5. The third-order valence-electron chi connectivity index (χ3n) is 5.69. The topological polar surface area (TPSA) is 110 Å². The fraction of sp³-hybridized carbons (Fsp3) is 0.462. The van der Waals surface area contributed by atoms with Crippen LogP contribution in [0.5, 0.6) is 5.75 Å². The molecule has 1 atom stereocenters. The first-order valence-electron chi connectivity index (χ1n) is 11.7. The molecule has 1 heterocycles. The molecule has 0 fully saturated rings. The number of carbonyl (C=O) groups is 3. The van der Waals surface area contributed by atoms with Crippen molar-refractivity contribution in [2.45, 2.75) is 51.6 Å². The second-order valence-electron chi connectivity index (χ2n) is 8.75. The van der Waals surface area contributed by atoms with Gasteiger partial charge in [-0.05, 0) is 50.1 Å². The number of carbonyl (C=O) groups excluding carboxylic acids is 3. The highest BCUT2D eigenvalue weighted by Crippen LogP contribution is 2.26. The van der Waals surface area contributed by atoms with Gasteiger partial charge in [0.15, 0.2) is 0 Å². The molecule has 0 radical (unpaired) electrons. The van der Waals surface area contributed by atoms with Crippen molar-refractivity contribution >= 4 is 23.5 Å². The quantitative estimate of drug-likeness (QED) is 0.451. The second kappa shape index (κ2) is 13.4. The first-order valence-corrected chi connectivity index (χ1v) is 11.7. The lowest BCUT2D eigenvalue weighted by atomic mass is 9.98. The summed E-state index contributed by atoms with van der Waals surface area (Å²) in [5, 5.41) is 5.73. The first-order chi connectivity index (χ1) is 16.7. The van der Waals surface area contributed by atoms with E-state index < -0.39 is 11.6 Å². The minimum absolute atomic E-state index is 0.0453.